The molecule has 0 aromatic carbocycles. The molecule has 1 aliphatic heterocycles. The quantitative estimate of drug-likeness (QED) is 0.836. The molecule has 4 heteroatoms. The molecule has 1 aromatic heterocycles. The number of morpholine rings is 1. The van der Waals surface area contributed by atoms with Crippen molar-refractivity contribution in [3.63, 3.8) is 0 Å². The van der Waals surface area contributed by atoms with E-state index in [-0.39, 0.29) is 6.10 Å². The summed E-state index contributed by atoms with van der Waals surface area (Å²) in [5, 5.41) is 4.41. The van der Waals surface area contributed by atoms with Crippen molar-refractivity contribution >= 4 is 11.3 Å². The molecule has 18 heavy (non-hydrogen) atoms. The first-order chi connectivity index (χ1) is 8.88. The Morgan fingerprint density at radius 1 is 1.50 bits per heavy atom. The molecule has 100 valence electrons. The summed E-state index contributed by atoms with van der Waals surface area (Å²) in [6.45, 7) is 5.82. The van der Waals surface area contributed by atoms with E-state index in [2.05, 4.69) is 28.7 Å². The molecule has 2 aliphatic rings. The molecule has 1 aliphatic carbocycles. The highest BCUT2D eigenvalue weighted by atomic mass is 32.1. The summed E-state index contributed by atoms with van der Waals surface area (Å²) in [6.07, 6.45) is 2.95. The Bertz CT molecular complexity index is 368. The number of thiophene rings is 1. The first-order valence-electron chi connectivity index (χ1n) is 6.87. The third-order valence-corrected chi connectivity index (χ3v) is 4.73. The van der Waals surface area contributed by atoms with Gasteiger partial charge >= 0.3 is 0 Å². The summed E-state index contributed by atoms with van der Waals surface area (Å²) in [7, 11) is 0. The van der Waals surface area contributed by atoms with Crippen molar-refractivity contribution in [3.8, 4) is 0 Å². The Balaban J connectivity index is 1.66. The third-order valence-electron chi connectivity index (χ3n) is 4.00. The third kappa shape index (κ3) is 2.48. The Morgan fingerprint density at radius 3 is 3.22 bits per heavy atom. The van der Waals surface area contributed by atoms with Crippen LogP contribution in [0.1, 0.15) is 25.3 Å². The molecule has 0 unspecified atom stereocenters. The molecule has 1 saturated heterocycles. The molecule has 0 N–H and O–H groups in total. The van der Waals surface area contributed by atoms with Crippen LogP contribution in [0.15, 0.2) is 16.8 Å². The lowest BCUT2D eigenvalue weighted by atomic mass is 10.1. The highest BCUT2D eigenvalue weighted by molar-refractivity contribution is 7.07. The minimum atomic E-state index is 0.289. The molecule has 2 fully saturated rings. The minimum absolute atomic E-state index is 0.289. The van der Waals surface area contributed by atoms with E-state index in [9.17, 15) is 0 Å². The zero-order valence-electron chi connectivity index (χ0n) is 10.9. The molecule has 3 nitrogen and oxygen atoms in total. The van der Waals surface area contributed by atoms with Crippen LogP contribution in [-0.2, 0) is 16.0 Å². The van der Waals surface area contributed by atoms with Gasteiger partial charge in [0, 0.05) is 25.7 Å². The smallest absolute Gasteiger partial charge is 0.0992 e. The molecule has 3 atom stereocenters. The molecular weight excluding hydrogens is 246 g/mol. The van der Waals surface area contributed by atoms with Gasteiger partial charge in [-0.2, -0.15) is 11.3 Å². The van der Waals surface area contributed by atoms with E-state index in [1.807, 2.05) is 0 Å². The molecule has 1 saturated carbocycles. The molecular formula is C14H21NO2S. The van der Waals surface area contributed by atoms with Crippen molar-refractivity contribution < 1.29 is 9.47 Å². The summed E-state index contributed by atoms with van der Waals surface area (Å²) >= 11 is 1.78. The lowest BCUT2D eigenvalue weighted by Crippen LogP contribution is -2.51. The normalized spacial score (nSPS) is 32.6. The van der Waals surface area contributed by atoms with Crippen molar-refractivity contribution in [3.05, 3.63) is 22.4 Å². The van der Waals surface area contributed by atoms with Crippen molar-refractivity contribution in [1.29, 1.82) is 0 Å². The second kappa shape index (κ2) is 5.70. The van der Waals surface area contributed by atoms with Gasteiger partial charge in [0.25, 0.3) is 0 Å². The van der Waals surface area contributed by atoms with Crippen LogP contribution in [0.4, 0.5) is 0 Å². The topological polar surface area (TPSA) is 21.7 Å². The molecule has 2 heterocycles. The SMILES string of the molecule is CCO[C@@H]1CC[C@H]2[C@H]1OCCN2Cc1ccsc1. The van der Waals surface area contributed by atoms with Gasteiger partial charge < -0.3 is 9.47 Å². The van der Waals surface area contributed by atoms with E-state index >= 15 is 0 Å². The minimum Gasteiger partial charge on any atom is -0.376 e. The Morgan fingerprint density at radius 2 is 2.44 bits per heavy atom. The van der Waals surface area contributed by atoms with E-state index in [0.717, 1.165) is 32.7 Å². The zero-order valence-corrected chi connectivity index (χ0v) is 11.7. The number of rotatable bonds is 4. The largest absolute Gasteiger partial charge is 0.376 e. The van der Waals surface area contributed by atoms with Crippen molar-refractivity contribution in [2.24, 2.45) is 0 Å². The van der Waals surface area contributed by atoms with Crippen LogP contribution < -0.4 is 0 Å². The van der Waals surface area contributed by atoms with Gasteiger partial charge in [0.2, 0.25) is 0 Å². The van der Waals surface area contributed by atoms with Crippen LogP contribution in [0.2, 0.25) is 0 Å². The number of nitrogens with zero attached hydrogens (tertiary/aromatic N) is 1. The van der Waals surface area contributed by atoms with Crippen LogP contribution in [0, 0.1) is 0 Å². The van der Waals surface area contributed by atoms with Crippen LogP contribution in [0.5, 0.6) is 0 Å². The monoisotopic (exact) mass is 267 g/mol. The lowest BCUT2D eigenvalue weighted by molar-refractivity contribution is -0.113. The fourth-order valence-electron chi connectivity index (χ4n) is 3.20. The Hall–Kier alpha value is -0.420. The van der Waals surface area contributed by atoms with Gasteiger partial charge in [0.1, 0.15) is 0 Å². The van der Waals surface area contributed by atoms with Crippen molar-refractivity contribution in [1.82, 2.24) is 4.90 Å². The lowest BCUT2D eigenvalue weighted by Gasteiger charge is -2.38. The van der Waals surface area contributed by atoms with Gasteiger partial charge in [-0.05, 0) is 42.2 Å². The maximum Gasteiger partial charge on any atom is 0.0992 e. The van der Waals surface area contributed by atoms with E-state index in [1.54, 1.807) is 11.3 Å². The average molecular weight is 267 g/mol. The Labute approximate surface area is 113 Å². The molecule has 0 spiro atoms. The van der Waals surface area contributed by atoms with Crippen LogP contribution in [0.25, 0.3) is 0 Å². The second-order valence-electron chi connectivity index (χ2n) is 5.08. The molecule has 1 aromatic rings. The standard InChI is InChI=1S/C14H21NO2S/c1-2-16-13-4-3-12-14(13)17-7-6-15(12)9-11-5-8-18-10-11/h5,8,10,12-14H,2-4,6-7,9H2,1H3/t12-,13+,14+/m0/s1. The second-order valence-corrected chi connectivity index (χ2v) is 5.86. The Kier molecular flexibility index (Phi) is 3.99. The summed E-state index contributed by atoms with van der Waals surface area (Å²) in [4.78, 5) is 2.58. The number of fused-ring (bicyclic) bond motifs is 1. The van der Waals surface area contributed by atoms with E-state index in [4.69, 9.17) is 9.47 Å². The number of ether oxygens (including phenoxy) is 2. The van der Waals surface area contributed by atoms with Crippen LogP contribution in [0.3, 0.4) is 0 Å². The van der Waals surface area contributed by atoms with E-state index < -0.39 is 0 Å². The van der Waals surface area contributed by atoms with Gasteiger partial charge in [-0.15, -0.1) is 0 Å². The molecule has 0 bridgehead atoms. The first-order valence-corrected chi connectivity index (χ1v) is 7.81. The van der Waals surface area contributed by atoms with Gasteiger partial charge in [0.15, 0.2) is 0 Å². The van der Waals surface area contributed by atoms with Gasteiger partial charge in [-0.25, -0.2) is 0 Å². The first kappa shape index (κ1) is 12.6. The zero-order chi connectivity index (χ0) is 12.4. The highest BCUT2D eigenvalue weighted by Crippen LogP contribution is 2.33. The van der Waals surface area contributed by atoms with Crippen LogP contribution in [-0.4, -0.2) is 42.9 Å². The predicted octanol–water partition coefficient (Wildman–Crippen LogP) is 2.52. The average Bonchev–Trinajstić information content (AvgIpc) is 3.01. The maximum atomic E-state index is 5.95. The van der Waals surface area contributed by atoms with Crippen LogP contribution >= 0.6 is 11.3 Å². The highest BCUT2D eigenvalue weighted by Gasteiger charge is 2.42. The summed E-state index contributed by atoms with van der Waals surface area (Å²) in [5.74, 6) is 0. The van der Waals surface area contributed by atoms with Crippen molar-refractivity contribution in [2.45, 2.75) is 44.6 Å². The maximum absolute atomic E-state index is 5.95. The number of hydrogen-bond acceptors (Lipinski definition) is 4. The van der Waals surface area contributed by atoms with E-state index in [1.165, 1.54) is 12.0 Å². The number of hydrogen-bond donors (Lipinski definition) is 0. The van der Waals surface area contributed by atoms with Gasteiger partial charge in [0.05, 0.1) is 18.8 Å². The summed E-state index contributed by atoms with van der Waals surface area (Å²) in [6, 6.07) is 2.78. The fraction of sp³-hybridized carbons (Fsp3) is 0.714. The summed E-state index contributed by atoms with van der Waals surface area (Å²) < 4.78 is 11.8. The molecule has 0 radical (unpaired) electrons. The molecule has 3 rings (SSSR count). The van der Waals surface area contributed by atoms with Gasteiger partial charge in [-0.1, -0.05) is 0 Å². The van der Waals surface area contributed by atoms with Gasteiger partial charge in [-0.3, -0.25) is 4.90 Å². The van der Waals surface area contributed by atoms with Crippen molar-refractivity contribution in [2.75, 3.05) is 19.8 Å². The van der Waals surface area contributed by atoms with E-state index in [0.29, 0.717) is 12.1 Å². The fourth-order valence-corrected chi connectivity index (χ4v) is 3.86. The summed E-state index contributed by atoms with van der Waals surface area (Å²) in [5.41, 5.74) is 1.43. The molecule has 0 amide bonds. The predicted molar refractivity (Wildman–Crippen MR) is 72.9 cm³/mol.